The van der Waals surface area contributed by atoms with Gasteiger partial charge in [-0.2, -0.15) is 0 Å². The Morgan fingerprint density at radius 2 is 0.550 bits per heavy atom. The van der Waals surface area contributed by atoms with Gasteiger partial charge in [0.1, 0.15) is 0 Å². The highest BCUT2D eigenvalue weighted by molar-refractivity contribution is 6.25. The maximum absolute atomic E-state index is 2.54. The van der Waals surface area contributed by atoms with E-state index in [9.17, 15) is 0 Å². The molecule has 0 fully saturated rings. The lowest BCUT2D eigenvalue weighted by Gasteiger charge is -2.22. The molecule has 0 unspecified atom stereocenters. The van der Waals surface area contributed by atoms with Crippen LogP contribution in [0.2, 0.25) is 0 Å². The third-order valence-corrected chi connectivity index (χ3v) is 17.2. The van der Waals surface area contributed by atoms with Crippen LogP contribution in [0.25, 0.3) is 164 Å². The minimum absolute atomic E-state index is 1.17. The molecule has 17 aromatic rings. The van der Waals surface area contributed by atoms with E-state index < -0.39 is 0 Å². The van der Waals surface area contributed by atoms with Gasteiger partial charge in [0.15, 0.2) is 0 Å². The number of rotatable bonds is 6. The van der Waals surface area contributed by atoms with E-state index in [-0.39, 0.29) is 0 Å². The summed E-state index contributed by atoms with van der Waals surface area (Å²) in [7, 11) is 0. The van der Waals surface area contributed by atoms with E-state index in [0.717, 1.165) is 0 Å². The molecular weight excluding hydrogens is 965 g/mol. The lowest BCUT2D eigenvalue weighted by Crippen LogP contribution is -2.03. The molecule has 2 aromatic heterocycles. The van der Waals surface area contributed by atoms with E-state index in [1.807, 2.05) is 0 Å². The Morgan fingerprint density at radius 3 is 1.10 bits per heavy atom. The summed E-state index contributed by atoms with van der Waals surface area (Å²) in [6.45, 7) is 0. The van der Waals surface area contributed by atoms with Crippen LogP contribution in [0.3, 0.4) is 0 Å². The van der Waals surface area contributed by atoms with Crippen molar-refractivity contribution >= 4 is 108 Å². The van der Waals surface area contributed by atoms with Crippen molar-refractivity contribution in [1.29, 1.82) is 0 Å². The normalized spacial score (nSPS) is 12.0. The molecule has 0 radical (unpaired) electrons. The number of para-hydroxylation sites is 4. The molecule has 2 nitrogen and oxygen atoms in total. The Morgan fingerprint density at radius 1 is 0.175 bits per heavy atom. The predicted octanol–water partition coefficient (Wildman–Crippen LogP) is 21.5. The standard InChI is InChI=1S/C78H48N2/c1-2-21-50-46-52(41-40-49(50)20-1)51-22-19-23-54(47-51)75-62-30-5-7-32-64(62)76(65-33-8-6-31-63(65)75)66-45-44-55(56-24-3-4-25-57(56)66)53-42-43-69-70(48-53)78(80-73-38-17-13-28-60(73)61-29-14-18-39-74(61)80)68-35-10-9-34-67(68)77(69)79-71-36-15-11-26-58(71)59-27-12-16-37-72(59)79/h1-48H. The molecule has 2 heteroatoms. The van der Waals surface area contributed by atoms with Gasteiger partial charge in [0.05, 0.1) is 33.4 Å². The van der Waals surface area contributed by atoms with E-state index >= 15 is 0 Å². The molecule has 0 bridgehead atoms. The number of hydrogen-bond acceptors (Lipinski definition) is 0. The summed E-state index contributed by atoms with van der Waals surface area (Å²) in [5, 5.41) is 19.6. The highest BCUT2D eigenvalue weighted by Gasteiger charge is 2.25. The van der Waals surface area contributed by atoms with Crippen LogP contribution in [-0.2, 0) is 0 Å². The Labute approximate surface area is 461 Å². The van der Waals surface area contributed by atoms with Gasteiger partial charge in [-0.25, -0.2) is 0 Å². The maximum atomic E-state index is 2.54. The molecule has 0 spiro atoms. The van der Waals surface area contributed by atoms with Gasteiger partial charge in [0.2, 0.25) is 0 Å². The van der Waals surface area contributed by atoms with Crippen LogP contribution >= 0.6 is 0 Å². The second-order valence-electron chi connectivity index (χ2n) is 21.4. The lowest BCUT2D eigenvalue weighted by molar-refractivity contribution is 1.19. The Bertz CT molecular complexity index is 5270. The molecule has 0 N–H and O–H groups in total. The molecular formula is C78H48N2. The summed E-state index contributed by atoms with van der Waals surface area (Å²) in [5.41, 5.74) is 16.9. The van der Waals surface area contributed by atoms with Crippen molar-refractivity contribution in [2.45, 2.75) is 0 Å². The average Bonchev–Trinajstić information content (AvgIpc) is 3.98. The lowest BCUT2D eigenvalue weighted by atomic mass is 9.83. The summed E-state index contributed by atoms with van der Waals surface area (Å²) in [5.74, 6) is 0. The van der Waals surface area contributed by atoms with Crippen LogP contribution in [0.1, 0.15) is 0 Å². The van der Waals surface area contributed by atoms with Crippen LogP contribution in [-0.4, -0.2) is 9.13 Å². The van der Waals surface area contributed by atoms with Gasteiger partial charge in [0, 0.05) is 43.1 Å². The van der Waals surface area contributed by atoms with E-state index in [1.54, 1.807) is 0 Å². The third-order valence-electron chi connectivity index (χ3n) is 17.2. The predicted molar refractivity (Wildman–Crippen MR) is 342 cm³/mol. The number of hydrogen-bond donors (Lipinski definition) is 0. The number of nitrogens with zero attached hydrogens (tertiary/aromatic N) is 2. The summed E-state index contributed by atoms with van der Waals surface area (Å²) >= 11 is 0. The Hall–Kier alpha value is -10.5. The monoisotopic (exact) mass is 1010 g/mol. The summed E-state index contributed by atoms with van der Waals surface area (Å²) in [4.78, 5) is 0. The number of fused-ring (bicyclic) bond motifs is 12. The van der Waals surface area contributed by atoms with Crippen molar-refractivity contribution in [2.24, 2.45) is 0 Å². The first-order valence-corrected chi connectivity index (χ1v) is 27.7. The maximum Gasteiger partial charge on any atom is 0.0620 e. The molecule has 370 valence electrons. The summed E-state index contributed by atoms with van der Waals surface area (Å²) < 4.78 is 5.06. The molecule has 0 aliphatic rings. The fraction of sp³-hybridized carbons (Fsp3) is 0. The van der Waals surface area contributed by atoms with Crippen molar-refractivity contribution in [3.8, 4) is 55.9 Å². The highest BCUT2D eigenvalue weighted by Crippen LogP contribution is 2.49. The molecule has 0 amide bonds. The fourth-order valence-corrected chi connectivity index (χ4v) is 13.8. The quantitative estimate of drug-likeness (QED) is 0.147. The second-order valence-corrected chi connectivity index (χ2v) is 21.4. The van der Waals surface area contributed by atoms with Gasteiger partial charge >= 0.3 is 0 Å². The van der Waals surface area contributed by atoms with Gasteiger partial charge in [0.25, 0.3) is 0 Å². The number of aromatic nitrogens is 2. The van der Waals surface area contributed by atoms with Crippen molar-refractivity contribution in [3.63, 3.8) is 0 Å². The molecule has 0 aliphatic carbocycles. The SMILES string of the molecule is c1cc(-c2ccc3ccccc3c2)cc(-c2c3ccccc3c(-c3ccc(-c4ccc5c(-n6c7ccccc7c7ccccc76)c6ccccc6c(-n6c7ccccc7c7ccccc76)c5c4)c4ccccc34)c3ccccc23)c1. The molecule has 0 saturated carbocycles. The largest absolute Gasteiger partial charge is 0.308 e. The minimum Gasteiger partial charge on any atom is -0.308 e. The van der Waals surface area contributed by atoms with Gasteiger partial charge in [-0.3, -0.25) is 0 Å². The smallest absolute Gasteiger partial charge is 0.0620 e. The fourth-order valence-electron chi connectivity index (χ4n) is 13.8. The van der Waals surface area contributed by atoms with Crippen molar-refractivity contribution in [2.75, 3.05) is 0 Å². The van der Waals surface area contributed by atoms with Gasteiger partial charge < -0.3 is 9.13 Å². The Kier molecular flexibility index (Phi) is 9.75. The zero-order chi connectivity index (χ0) is 52.4. The van der Waals surface area contributed by atoms with Crippen LogP contribution in [0.5, 0.6) is 0 Å². The zero-order valence-corrected chi connectivity index (χ0v) is 43.6. The molecule has 0 saturated heterocycles. The first-order chi connectivity index (χ1) is 39.7. The van der Waals surface area contributed by atoms with Gasteiger partial charge in [-0.1, -0.05) is 249 Å². The van der Waals surface area contributed by atoms with E-state index in [0.29, 0.717) is 0 Å². The zero-order valence-electron chi connectivity index (χ0n) is 43.6. The molecule has 17 rings (SSSR count). The van der Waals surface area contributed by atoms with Gasteiger partial charge in [-0.05, 0) is 130 Å². The molecule has 0 aliphatic heterocycles. The average molecular weight is 1010 g/mol. The molecule has 80 heavy (non-hydrogen) atoms. The van der Waals surface area contributed by atoms with E-state index in [4.69, 9.17) is 0 Å². The summed E-state index contributed by atoms with van der Waals surface area (Å²) in [6.07, 6.45) is 0. The van der Waals surface area contributed by atoms with Crippen LogP contribution < -0.4 is 0 Å². The first kappa shape index (κ1) is 44.6. The molecule has 2 heterocycles. The van der Waals surface area contributed by atoms with Crippen molar-refractivity contribution in [3.05, 3.63) is 291 Å². The van der Waals surface area contributed by atoms with Crippen molar-refractivity contribution in [1.82, 2.24) is 9.13 Å². The Balaban J connectivity index is 0.915. The van der Waals surface area contributed by atoms with Crippen LogP contribution in [0, 0.1) is 0 Å². The minimum atomic E-state index is 1.17. The van der Waals surface area contributed by atoms with E-state index in [2.05, 4.69) is 300 Å². The van der Waals surface area contributed by atoms with Crippen molar-refractivity contribution < 1.29 is 0 Å². The summed E-state index contributed by atoms with van der Waals surface area (Å²) in [6, 6.07) is 108. The first-order valence-electron chi connectivity index (χ1n) is 27.7. The van der Waals surface area contributed by atoms with Gasteiger partial charge in [-0.15, -0.1) is 0 Å². The highest BCUT2D eigenvalue weighted by atomic mass is 15.0. The third kappa shape index (κ3) is 6.54. The topological polar surface area (TPSA) is 9.86 Å². The second kappa shape index (κ2) is 17.5. The molecule has 15 aromatic carbocycles. The number of benzene rings is 15. The molecule has 0 atom stereocenters. The van der Waals surface area contributed by atoms with Crippen LogP contribution in [0.15, 0.2) is 291 Å². The van der Waals surface area contributed by atoms with Crippen LogP contribution in [0.4, 0.5) is 0 Å². The van der Waals surface area contributed by atoms with E-state index in [1.165, 1.54) is 164 Å².